The molecule has 1 nitrogen and oxygen atoms in total. The summed E-state index contributed by atoms with van der Waals surface area (Å²) in [6.45, 7) is 0. The fourth-order valence-electron chi connectivity index (χ4n) is 0.903. The largest absolute Gasteiger partial charge is 0.254 e. The number of rotatable bonds is 1. The zero-order chi connectivity index (χ0) is 5.82. The number of hydrogen-bond acceptors (Lipinski definition) is 1. The molecule has 0 saturated carbocycles. The third kappa shape index (κ3) is 1.74. The van der Waals surface area contributed by atoms with Gasteiger partial charge in [-0.25, -0.2) is 0 Å². The average Bonchev–Trinajstić information content (AvgIpc) is 1.90. The van der Waals surface area contributed by atoms with Crippen molar-refractivity contribution in [3.63, 3.8) is 0 Å². The zero-order valence-corrected chi connectivity index (χ0v) is 6.89. The van der Waals surface area contributed by atoms with Crippen LogP contribution in [0, 0.1) is 0 Å². The van der Waals surface area contributed by atoms with Gasteiger partial charge in [0.15, 0.2) is 0 Å². The molecule has 46 valence electrons. The lowest BCUT2D eigenvalue weighted by Gasteiger charge is -2.12. The molecule has 0 fully saturated rings. The Balaban J connectivity index is 2.32. The Morgan fingerprint density at radius 2 is 2.50 bits per heavy atom. The van der Waals surface area contributed by atoms with Crippen LogP contribution in [0.1, 0.15) is 19.3 Å². The molecule has 0 aromatic rings. The highest BCUT2D eigenvalue weighted by atomic mass is 127. The van der Waals surface area contributed by atoms with E-state index in [9.17, 15) is 0 Å². The van der Waals surface area contributed by atoms with Crippen LogP contribution in [0.5, 0.6) is 0 Å². The zero-order valence-electron chi connectivity index (χ0n) is 4.73. The van der Waals surface area contributed by atoms with E-state index in [1.807, 2.05) is 0 Å². The molecule has 8 heavy (non-hydrogen) atoms. The van der Waals surface area contributed by atoms with E-state index < -0.39 is 0 Å². The molecule has 1 aliphatic carbocycles. The summed E-state index contributed by atoms with van der Waals surface area (Å²) < 4.78 is 3.19. The van der Waals surface area contributed by atoms with E-state index in [0.29, 0.717) is 6.04 Å². The number of nitrogens with one attached hydrogen (secondary N) is 1. The quantitative estimate of drug-likeness (QED) is 0.407. The molecule has 0 amide bonds. The van der Waals surface area contributed by atoms with Crippen molar-refractivity contribution >= 4 is 22.9 Å². The average molecular weight is 223 g/mol. The molecular formula is C6H10IN. The fourth-order valence-corrected chi connectivity index (χ4v) is 1.42. The molecule has 1 N–H and O–H groups in total. The van der Waals surface area contributed by atoms with Gasteiger partial charge in [0, 0.05) is 28.9 Å². The highest BCUT2D eigenvalue weighted by molar-refractivity contribution is 14.1. The Morgan fingerprint density at radius 1 is 1.62 bits per heavy atom. The predicted octanol–water partition coefficient (Wildman–Crippen LogP) is 2.03. The van der Waals surface area contributed by atoms with Crippen LogP contribution in [0.4, 0.5) is 0 Å². The van der Waals surface area contributed by atoms with Crippen LogP contribution in [0.3, 0.4) is 0 Å². The molecule has 1 rings (SSSR count). The van der Waals surface area contributed by atoms with Crippen molar-refractivity contribution in [2.45, 2.75) is 25.3 Å². The van der Waals surface area contributed by atoms with E-state index in [4.69, 9.17) is 0 Å². The summed E-state index contributed by atoms with van der Waals surface area (Å²) in [6, 6.07) is 0.643. The Kier molecular flexibility index (Phi) is 2.83. The Morgan fingerprint density at radius 3 is 2.88 bits per heavy atom. The van der Waals surface area contributed by atoms with Crippen LogP contribution in [-0.4, -0.2) is 6.04 Å². The second-order valence-corrected chi connectivity index (χ2v) is 2.70. The second-order valence-electron chi connectivity index (χ2n) is 2.07. The van der Waals surface area contributed by atoms with Crippen LogP contribution >= 0.6 is 22.9 Å². The maximum Gasteiger partial charge on any atom is 0.0343 e. The monoisotopic (exact) mass is 223 g/mol. The van der Waals surface area contributed by atoms with Crippen LogP contribution in [0.15, 0.2) is 12.2 Å². The smallest absolute Gasteiger partial charge is 0.0343 e. The maximum absolute atomic E-state index is 3.19. The van der Waals surface area contributed by atoms with Crippen LogP contribution in [-0.2, 0) is 0 Å². The van der Waals surface area contributed by atoms with Crippen molar-refractivity contribution in [3.05, 3.63) is 12.2 Å². The molecule has 0 aromatic heterocycles. The Labute approximate surface area is 64.0 Å². The molecule has 1 atom stereocenters. The fraction of sp³-hybridized carbons (Fsp3) is 0.667. The van der Waals surface area contributed by atoms with Crippen molar-refractivity contribution in [2.24, 2.45) is 0 Å². The van der Waals surface area contributed by atoms with Crippen molar-refractivity contribution in [1.82, 2.24) is 3.53 Å². The van der Waals surface area contributed by atoms with Gasteiger partial charge in [-0.3, -0.25) is 3.53 Å². The highest BCUT2D eigenvalue weighted by Crippen LogP contribution is 2.10. The lowest BCUT2D eigenvalue weighted by atomic mass is 10.0. The first-order chi connectivity index (χ1) is 3.93. The molecule has 0 aromatic carbocycles. The van der Waals surface area contributed by atoms with Crippen LogP contribution < -0.4 is 3.53 Å². The summed E-state index contributed by atoms with van der Waals surface area (Å²) in [7, 11) is 0. The van der Waals surface area contributed by atoms with Crippen molar-refractivity contribution in [2.75, 3.05) is 0 Å². The molecule has 1 aliphatic rings. The van der Waals surface area contributed by atoms with Crippen molar-refractivity contribution in [1.29, 1.82) is 0 Å². The van der Waals surface area contributed by atoms with Gasteiger partial charge in [-0.05, 0) is 19.3 Å². The predicted molar refractivity (Wildman–Crippen MR) is 43.9 cm³/mol. The lowest BCUT2D eigenvalue weighted by molar-refractivity contribution is 0.628. The van der Waals surface area contributed by atoms with Gasteiger partial charge in [-0.2, -0.15) is 0 Å². The maximum atomic E-state index is 3.19. The molecule has 1 unspecified atom stereocenters. The van der Waals surface area contributed by atoms with E-state index in [-0.39, 0.29) is 0 Å². The van der Waals surface area contributed by atoms with Gasteiger partial charge < -0.3 is 0 Å². The molecule has 0 radical (unpaired) electrons. The third-order valence-electron chi connectivity index (χ3n) is 1.39. The molecule has 0 aliphatic heterocycles. The summed E-state index contributed by atoms with van der Waals surface area (Å²) in [4.78, 5) is 0. The lowest BCUT2D eigenvalue weighted by Crippen LogP contribution is -2.18. The van der Waals surface area contributed by atoms with E-state index in [2.05, 4.69) is 38.5 Å². The first-order valence-corrected chi connectivity index (χ1v) is 4.04. The molecule has 0 saturated heterocycles. The highest BCUT2D eigenvalue weighted by Gasteiger charge is 2.03. The summed E-state index contributed by atoms with van der Waals surface area (Å²) in [5, 5.41) is 0. The minimum atomic E-state index is 0.643. The summed E-state index contributed by atoms with van der Waals surface area (Å²) in [5.41, 5.74) is 0. The molecular weight excluding hydrogens is 213 g/mol. The van der Waals surface area contributed by atoms with Gasteiger partial charge in [0.05, 0.1) is 0 Å². The second kappa shape index (κ2) is 3.45. The minimum Gasteiger partial charge on any atom is -0.254 e. The Hall–Kier alpha value is 0.430. The van der Waals surface area contributed by atoms with Gasteiger partial charge >= 0.3 is 0 Å². The standard InChI is InChI=1S/C6H10IN/c7-8-6-4-2-1-3-5-6/h2,4,6,8H,1,3,5H2. The molecule has 0 heterocycles. The van der Waals surface area contributed by atoms with Gasteiger partial charge in [0.1, 0.15) is 0 Å². The van der Waals surface area contributed by atoms with Gasteiger partial charge in [0.2, 0.25) is 0 Å². The topological polar surface area (TPSA) is 12.0 Å². The van der Waals surface area contributed by atoms with Crippen molar-refractivity contribution in [3.8, 4) is 0 Å². The number of halogens is 1. The van der Waals surface area contributed by atoms with Gasteiger partial charge in [0.25, 0.3) is 0 Å². The first-order valence-electron chi connectivity index (χ1n) is 2.96. The van der Waals surface area contributed by atoms with E-state index >= 15 is 0 Å². The summed E-state index contributed by atoms with van der Waals surface area (Å²) in [5.74, 6) is 0. The van der Waals surface area contributed by atoms with Crippen molar-refractivity contribution < 1.29 is 0 Å². The molecule has 2 heteroatoms. The van der Waals surface area contributed by atoms with Crippen LogP contribution in [0.2, 0.25) is 0 Å². The van der Waals surface area contributed by atoms with E-state index in [1.54, 1.807) is 0 Å². The van der Waals surface area contributed by atoms with Gasteiger partial charge in [-0.1, -0.05) is 12.2 Å². The number of allylic oxidation sites excluding steroid dienone is 1. The molecule has 0 spiro atoms. The third-order valence-corrected chi connectivity index (χ3v) is 2.19. The minimum absolute atomic E-state index is 0.643. The molecule has 0 bridgehead atoms. The normalized spacial score (nSPS) is 28.4. The Bertz CT molecular complexity index is 90.5. The van der Waals surface area contributed by atoms with Crippen LogP contribution in [0.25, 0.3) is 0 Å². The summed E-state index contributed by atoms with van der Waals surface area (Å²) in [6.07, 6.45) is 8.42. The number of hydrogen-bond donors (Lipinski definition) is 1. The SMILES string of the molecule is INC1C=CCCC1. The first kappa shape index (κ1) is 6.55. The van der Waals surface area contributed by atoms with Gasteiger partial charge in [-0.15, -0.1) is 0 Å². The van der Waals surface area contributed by atoms with E-state index in [1.165, 1.54) is 19.3 Å². The van der Waals surface area contributed by atoms with E-state index in [0.717, 1.165) is 0 Å². The summed E-state index contributed by atoms with van der Waals surface area (Å²) >= 11 is 2.21.